The van der Waals surface area contributed by atoms with Crippen molar-refractivity contribution >= 4 is 22.5 Å². The van der Waals surface area contributed by atoms with Gasteiger partial charge in [-0.1, -0.05) is 18.2 Å². The van der Waals surface area contributed by atoms with E-state index in [2.05, 4.69) is 10.3 Å². The smallest absolute Gasteiger partial charge is 0.262 e. The quantitative estimate of drug-likeness (QED) is 0.743. The van der Waals surface area contributed by atoms with Gasteiger partial charge in [-0.3, -0.25) is 9.59 Å². The number of carbonyl (C=O) groups excluding carboxylic acids is 1. The van der Waals surface area contributed by atoms with Crippen LogP contribution in [-0.2, 0) is 17.6 Å². The third kappa shape index (κ3) is 3.72. The summed E-state index contributed by atoms with van der Waals surface area (Å²) in [4.78, 5) is 27.5. The van der Waals surface area contributed by atoms with Crippen LogP contribution in [-0.4, -0.2) is 17.5 Å². The van der Waals surface area contributed by atoms with E-state index in [1.54, 1.807) is 0 Å². The van der Waals surface area contributed by atoms with Gasteiger partial charge in [0.1, 0.15) is 5.75 Å². The molecule has 2 N–H and O–H groups in total. The molecule has 4 rings (SSSR count). The van der Waals surface area contributed by atoms with Crippen LogP contribution in [0, 0.1) is 6.92 Å². The number of anilines is 1. The van der Waals surface area contributed by atoms with E-state index in [-0.39, 0.29) is 18.1 Å². The van der Waals surface area contributed by atoms with E-state index in [0.717, 1.165) is 53.3 Å². The highest BCUT2D eigenvalue weighted by atomic mass is 16.5. The largest absolute Gasteiger partial charge is 0.484 e. The van der Waals surface area contributed by atoms with Crippen LogP contribution in [0.4, 0.5) is 5.69 Å². The molecule has 0 atom stereocenters. The number of benzene rings is 2. The lowest BCUT2D eigenvalue weighted by Crippen LogP contribution is -2.21. The first kappa shape index (κ1) is 17.3. The molecule has 0 unspecified atom stereocenters. The molecule has 0 saturated heterocycles. The lowest BCUT2D eigenvalue weighted by atomic mass is 9.90. The molecule has 1 aliphatic rings. The number of H-pyrrole nitrogens is 1. The Morgan fingerprint density at radius 3 is 2.74 bits per heavy atom. The molecule has 0 saturated carbocycles. The maximum Gasteiger partial charge on any atom is 0.262 e. The van der Waals surface area contributed by atoms with Gasteiger partial charge in [-0.05, 0) is 68.0 Å². The summed E-state index contributed by atoms with van der Waals surface area (Å²) in [5.41, 5.74) is 4.54. The van der Waals surface area contributed by atoms with Crippen LogP contribution in [0.15, 0.2) is 47.3 Å². The fourth-order valence-electron chi connectivity index (χ4n) is 3.69. The zero-order valence-electron chi connectivity index (χ0n) is 15.3. The van der Waals surface area contributed by atoms with Gasteiger partial charge in [-0.2, -0.15) is 0 Å². The van der Waals surface area contributed by atoms with Crippen LogP contribution in [0.3, 0.4) is 0 Å². The molecular formula is C22H22N2O3. The molecule has 1 aromatic heterocycles. The van der Waals surface area contributed by atoms with E-state index in [0.29, 0.717) is 11.4 Å². The summed E-state index contributed by atoms with van der Waals surface area (Å²) in [6.45, 7) is 1.91. The SMILES string of the molecule is Cc1cccc(OCC(=O)Nc2ccc3c4c(c(=O)[nH]c3c2)CCCC4)c1. The minimum atomic E-state index is -0.240. The van der Waals surface area contributed by atoms with Crippen LogP contribution in [0.25, 0.3) is 10.9 Å². The van der Waals surface area contributed by atoms with Crippen molar-refractivity contribution in [3.63, 3.8) is 0 Å². The zero-order valence-corrected chi connectivity index (χ0v) is 15.3. The summed E-state index contributed by atoms with van der Waals surface area (Å²) in [6.07, 6.45) is 3.96. The van der Waals surface area contributed by atoms with Crippen molar-refractivity contribution in [2.75, 3.05) is 11.9 Å². The van der Waals surface area contributed by atoms with Crippen molar-refractivity contribution in [1.29, 1.82) is 0 Å². The number of rotatable bonds is 4. The number of nitrogens with one attached hydrogen (secondary N) is 2. The number of pyridine rings is 1. The molecule has 0 fully saturated rings. The normalized spacial score (nSPS) is 13.2. The number of amides is 1. The van der Waals surface area contributed by atoms with E-state index in [9.17, 15) is 9.59 Å². The molecule has 1 amide bonds. The van der Waals surface area contributed by atoms with Crippen LogP contribution in [0.1, 0.15) is 29.5 Å². The maximum atomic E-state index is 12.3. The summed E-state index contributed by atoms with van der Waals surface area (Å²) in [6, 6.07) is 13.2. The lowest BCUT2D eigenvalue weighted by molar-refractivity contribution is -0.118. The number of aromatic nitrogens is 1. The molecule has 1 aliphatic carbocycles. The first-order chi connectivity index (χ1) is 13.1. The second-order valence-electron chi connectivity index (χ2n) is 7.03. The predicted octanol–water partition coefficient (Wildman–Crippen LogP) is 3.73. The first-order valence-electron chi connectivity index (χ1n) is 9.27. The highest BCUT2D eigenvalue weighted by molar-refractivity contribution is 5.95. The predicted molar refractivity (Wildman–Crippen MR) is 107 cm³/mol. The number of carbonyl (C=O) groups is 1. The molecule has 5 nitrogen and oxygen atoms in total. The molecule has 27 heavy (non-hydrogen) atoms. The summed E-state index contributed by atoms with van der Waals surface area (Å²) in [5, 5.41) is 3.90. The molecule has 0 radical (unpaired) electrons. The number of aromatic amines is 1. The van der Waals surface area contributed by atoms with Gasteiger partial charge < -0.3 is 15.0 Å². The third-order valence-corrected chi connectivity index (χ3v) is 4.98. The van der Waals surface area contributed by atoms with Gasteiger partial charge in [-0.25, -0.2) is 0 Å². The van der Waals surface area contributed by atoms with Crippen LogP contribution in [0.2, 0.25) is 0 Å². The molecule has 0 bridgehead atoms. The number of hydrogen-bond acceptors (Lipinski definition) is 3. The standard InChI is InChI=1S/C22H22N2O3/c1-14-5-4-6-16(11-14)27-13-21(25)23-15-9-10-18-17-7-2-3-8-19(17)22(26)24-20(18)12-15/h4-6,9-12H,2-3,7-8,13H2,1H3,(H,23,25)(H,24,26). The summed E-state index contributed by atoms with van der Waals surface area (Å²) >= 11 is 0. The number of hydrogen-bond donors (Lipinski definition) is 2. The van der Waals surface area contributed by atoms with Crippen molar-refractivity contribution in [3.05, 3.63) is 69.5 Å². The highest BCUT2D eigenvalue weighted by Gasteiger charge is 2.16. The number of fused-ring (bicyclic) bond motifs is 3. The summed E-state index contributed by atoms with van der Waals surface area (Å²) < 4.78 is 5.53. The minimum Gasteiger partial charge on any atom is -0.484 e. The van der Waals surface area contributed by atoms with Gasteiger partial charge in [0.2, 0.25) is 0 Å². The van der Waals surface area contributed by atoms with Gasteiger partial charge >= 0.3 is 0 Å². The maximum absolute atomic E-state index is 12.3. The Hall–Kier alpha value is -3.08. The fraction of sp³-hybridized carbons (Fsp3) is 0.273. The van der Waals surface area contributed by atoms with E-state index in [1.165, 1.54) is 0 Å². The van der Waals surface area contributed by atoms with Crippen molar-refractivity contribution in [2.24, 2.45) is 0 Å². The van der Waals surface area contributed by atoms with Crippen LogP contribution < -0.4 is 15.6 Å². The molecular weight excluding hydrogens is 340 g/mol. The van der Waals surface area contributed by atoms with Crippen LogP contribution in [0.5, 0.6) is 5.75 Å². The molecule has 1 heterocycles. The highest BCUT2D eigenvalue weighted by Crippen LogP contribution is 2.27. The number of ether oxygens (including phenoxy) is 1. The van der Waals surface area contributed by atoms with E-state index >= 15 is 0 Å². The molecule has 5 heteroatoms. The van der Waals surface area contributed by atoms with Crippen molar-refractivity contribution < 1.29 is 9.53 Å². The van der Waals surface area contributed by atoms with Gasteiger partial charge in [0, 0.05) is 16.6 Å². The monoisotopic (exact) mass is 362 g/mol. The lowest BCUT2D eigenvalue weighted by Gasteiger charge is -2.17. The third-order valence-electron chi connectivity index (χ3n) is 4.98. The van der Waals surface area contributed by atoms with Crippen molar-refractivity contribution in [2.45, 2.75) is 32.6 Å². The first-order valence-corrected chi connectivity index (χ1v) is 9.27. The topological polar surface area (TPSA) is 71.2 Å². The van der Waals surface area contributed by atoms with Crippen molar-refractivity contribution in [1.82, 2.24) is 4.98 Å². The molecule has 3 aromatic rings. The Morgan fingerprint density at radius 2 is 1.93 bits per heavy atom. The minimum absolute atomic E-state index is 0.0107. The number of aryl methyl sites for hydroxylation is 2. The average Bonchev–Trinajstić information content (AvgIpc) is 2.67. The molecule has 2 aromatic carbocycles. The average molecular weight is 362 g/mol. The Bertz CT molecular complexity index is 1070. The van der Waals surface area contributed by atoms with Gasteiger partial charge in [-0.15, -0.1) is 0 Å². The fourth-order valence-corrected chi connectivity index (χ4v) is 3.69. The van der Waals surface area contributed by atoms with Gasteiger partial charge in [0.15, 0.2) is 6.61 Å². The Morgan fingerprint density at radius 1 is 1.11 bits per heavy atom. The Labute approximate surface area is 157 Å². The second kappa shape index (κ2) is 7.27. The molecule has 0 spiro atoms. The molecule has 0 aliphatic heterocycles. The summed E-state index contributed by atoms with van der Waals surface area (Å²) in [5.74, 6) is 0.427. The van der Waals surface area contributed by atoms with E-state index < -0.39 is 0 Å². The summed E-state index contributed by atoms with van der Waals surface area (Å²) in [7, 11) is 0. The van der Waals surface area contributed by atoms with Crippen LogP contribution >= 0.6 is 0 Å². The van der Waals surface area contributed by atoms with E-state index in [1.807, 2.05) is 49.4 Å². The van der Waals surface area contributed by atoms with Gasteiger partial charge in [0.05, 0.1) is 5.52 Å². The van der Waals surface area contributed by atoms with Crippen molar-refractivity contribution in [3.8, 4) is 5.75 Å². The van der Waals surface area contributed by atoms with Gasteiger partial charge in [0.25, 0.3) is 11.5 Å². The Kier molecular flexibility index (Phi) is 4.67. The Balaban J connectivity index is 1.50. The second-order valence-corrected chi connectivity index (χ2v) is 7.03. The van der Waals surface area contributed by atoms with E-state index in [4.69, 9.17) is 4.74 Å². The molecule has 138 valence electrons. The zero-order chi connectivity index (χ0) is 18.8.